The van der Waals surface area contributed by atoms with E-state index in [-0.39, 0.29) is 11.8 Å². The average molecular weight is 343 g/mol. The Balaban J connectivity index is 1.90. The number of anilines is 1. The fourth-order valence-electron chi connectivity index (χ4n) is 1.27. The smallest absolute Gasteiger partial charge is 0.345 e. The van der Waals surface area contributed by atoms with Gasteiger partial charge in [-0.3, -0.25) is 4.79 Å². The summed E-state index contributed by atoms with van der Waals surface area (Å²) in [6, 6.07) is 3.39. The van der Waals surface area contributed by atoms with Gasteiger partial charge in [-0.1, -0.05) is 36.9 Å². The molecule has 0 spiro atoms. The molecule has 21 heavy (non-hydrogen) atoms. The van der Waals surface area contributed by atoms with Crippen LogP contribution in [0, 0.1) is 5.92 Å². The Bertz CT molecular complexity index is 651. The molecule has 1 amide bonds. The Morgan fingerprint density at radius 1 is 1.33 bits per heavy atom. The van der Waals surface area contributed by atoms with Gasteiger partial charge in [0.05, 0.1) is 0 Å². The van der Waals surface area contributed by atoms with Gasteiger partial charge in [0.1, 0.15) is 4.88 Å². The molecule has 2 N–H and O–H groups in total. The third-order valence-corrected chi connectivity index (χ3v) is 5.65. The molecule has 112 valence electrons. The van der Waals surface area contributed by atoms with Gasteiger partial charge < -0.3 is 10.4 Å². The van der Waals surface area contributed by atoms with Crippen LogP contribution in [0.2, 0.25) is 0 Å². The van der Waals surface area contributed by atoms with E-state index in [1.165, 1.54) is 34.4 Å². The number of carboxylic acid groups (broad SMARTS) is 1. The Kier molecular flexibility index (Phi) is 5.32. The highest BCUT2D eigenvalue weighted by molar-refractivity contribution is 8.00. The van der Waals surface area contributed by atoms with Crippen molar-refractivity contribution < 1.29 is 14.7 Å². The van der Waals surface area contributed by atoms with E-state index in [0.29, 0.717) is 15.8 Å². The van der Waals surface area contributed by atoms with Crippen LogP contribution in [0.4, 0.5) is 5.13 Å². The fraction of sp³-hybridized carbons (Fsp3) is 0.333. The summed E-state index contributed by atoms with van der Waals surface area (Å²) in [5, 5.41) is 19.9. The van der Waals surface area contributed by atoms with Gasteiger partial charge in [0.25, 0.3) is 0 Å². The van der Waals surface area contributed by atoms with Gasteiger partial charge in [0.15, 0.2) is 4.34 Å². The van der Waals surface area contributed by atoms with E-state index in [2.05, 4.69) is 15.5 Å². The highest BCUT2D eigenvalue weighted by Gasteiger charge is 2.12. The SMILES string of the molecule is CC(C)C(=O)Nc1nnc(SCc2ccc(C(=O)O)s2)s1. The largest absolute Gasteiger partial charge is 0.477 e. The Morgan fingerprint density at radius 2 is 2.10 bits per heavy atom. The first-order chi connectivity index (χ1) is 9.95. The van der Waals surface area contributed by atoms with Crippen molar-refractivity contribution in [1.82, 2.24) is 10.2 Å². The zero-order chi connectivity index (χ0) is 15.4. The molecule has 2 heterocycles. The summed E-state index contributed by atoms with van der Waals surface area (Å²) in [6.07, 6.45) is 0. The summed E-state index contributed by atoms with van der Waals surface area (Å²) >= 11 is 4.02. The second kappa shape index (κ2) is 7.01. The zero-order valence-electron chi connectivity index (χ0n) is 11.3. The molecule has 0 aliphatic rings. The normalized spacial score (nSPS) is 10.8. The number of thiophene rings is 1. The van der Waals surface area contributed by atoms with Crippen LogP contribution < -0.4 is 5.32 Å². The highest BCUT2D eigenvalue weighted by atomic mass is 32.2. The van der Waals surface area contributed by atoms with Crippen LogP contribution >= 0.6 is 34.4 Å². The molecule has 0 aliphatic carbocycles. The molecular weight excluding hydrogens is 330 g/mol. The number of hydrogen-bond acceptors (Lipinski definition) is 7. The summed E-state index contributed by atoms with van der Waals surface area (Å²) in [5.41, 5.74) is 0. The predicted octanol–water partition coefficient (Wildman–Crippen LogP) is 3.18. The number of carbonyl (C=O) groups is 2. The third kappa shape index (κ3) is 4.51. The first kappa shape index (κ1) is 15.9. The topological polar surface area (TPSA) is 92.2 Å². The molecule has 9 heteroatoms. The summed E-state index contributed by atoms with van der Waals surface area (Å²) < 4.78 is 0.735. The van der Waals surface area contributed by atoms with Crippen LogP contribution in [-0.2, 0) is 10.5 Å². The van der Waals surface area contributed by atoms with Crippen LogP contribution in [0.25, 0.3) is 0 Å². The van der Waals surface area contributed by atoms with E-state index in [0.717, 1.165) is 9.22 Å². The number of aromatic nitrogens is 2. The highest BCUT2D eigenvalue weighted by Crippen LogP contribution is 2.30. The average Bonchev–Trinajstić information content (AvgIpc) is 3.05. The molecule has 0 saturated carbocycles. The molecule has 2 rings (SSSR count). The Labute approximate surface area is 133 Å². The van der Waals surface area contributed by atoms with Crippen LogP contribution in [-0.4, -0.2) is 27.2 Å². The van der Waals surface area contributed by atoms with Crippen LogP contribution in [0.3, 0.4) is 0 Å². The molecule has 0 aliphatic heterocycles. The fourth-order valence-corrected chi connectivity index (χ4v) is 3.92. The van der Waals surface area contributed by atoms with Gasteiger partial charge >= 0.3 is 5.97 Å². The third-order valence-electron chi connectivity index (χ3n) is 2.37. The van der Waals surface area contributed by atoms with Gasteiger partial charge in [-0.2, -0.15) is 0 Å². The van der Waals surface area contributed by atoms with E-state index < -0.39 is 5.97 Å². The lowest BCUT2D eigenvalue weighted by Gasteiger charge is -2.02. The van der Waals surface area contributed by atoms with Crippen molar-refractivity contribution in [3.63, 3.8) is 0 Å². The van der Waals surface area contributed by atoms with Crippen molar-refractivity contribution in [2.24, 2.45) is 5.92 Å². The number of amides is 1. The second-order valence-electron chi connectivity index (χ2n) is 4.38. The Hall–Kier alpha value is -1.45. The number of aromatic carboxylic acids is 1. The Morgan fingerprint density at radius 3 is 2.71 bits per heavy atom. The molecule has 2 aromatic rings. The molecule has 0 radical (unpaired) electrons. The summed E-state index contributed by atoms with van der Waals surface area (Å²) in [6.45, 7) is 3.62. The second-order valence-corrected chi connectivity index (χ2v) is 7.75. The molecule has 0 unspecified atom stereocenters. The number of thioether (sulfide) groups is 1. The molecule has 0 fully saturated rings. The van der Waals surface area contributed by atoms with Gasteiger partial charge in [-0.15, -0.1) is 21.5 Å². The van der Waals surface area contributed by atoms with Crippen molar-refractivity contribution in [2.45, 2.75) is 23.9 Å². The minimum absolute atomic E-state index is 0.0907. The number of carboxylic acids is 1. The molecule has 6 nitrogen and oxygen atoms in total. The van der Waals surface area contributed by atoms with Crippen LogP contribution in [0.5, 0.6) is 0 Å². The summed E-state index contributed by atoms with van der Waals surface area (Å²) in [5.74, 6) is -0.478. The van der Waals surface area contributed by atoms with E-state index in [1.54, 1.807) is 12.1 Å². The lowest BCUT2D eigenvalue weighted by molar-refractivity contribution is -0.118. The van der Waals surface area contributed by atoms with Gasteiger partial charge in [-0.25, -0.2) is 4.79 Å². The van der Waals surface area contributed by atoms with Gasteiger partial charge in [0, 0.05) is 16.5 Å². The number of hydrogen-bond donors (Lipinski definition) is 2. The number of nitrogens with one attached hydrogen (secondary N) is 1. The van der Waals surface area contributed by atoms with Gasteiger partial charge in [-0.05, 0) is 12.1 Å². The lowest BCUT2D eigenvalue weighted by atomic mass is 10.2. The minimum Gasteiger partial charge on any atom is -0.477 e. The quantitative estimate of drug-likeness (QED) is 0.618. The zero-order valence-corrected chi connectivity index (χ0v) is 13.8. The van der Waals surface area contributed by atoms with Crippen LogP contribution in [0.15, 0.2) is 16.5 Å². The maximum absolute atomic E-state index is 11.5. The first-order valence-electron chi connectivity index (χ1n) is 6.05. The van der Waals surface area contributed by atoms with E-state index >= 15 is 0 Å². The summed E-state index contributed by atoms with van der Waals surface area (Å²) in [7, 11) is 0. The molecule has 0 saturated heterocycles. The monoisotopic (exact) mass is 343 g/mol. The summed E-state index contributed by atoms with van der Waals surface area (Å²) in [4.78, 5) is 23.6. The van der Waals surface area contributed by atoms with Gasteiger partial charge in [0.2, 0.25) is 11.0 Å². The van der Waals surface area contributed by atoms with E-state index in [9.17, 15) is 9.59 Å². The molecule has 0 aromatic carbocycles. The molecule has 2 aromatic heterocycles. The van der Waals surface area contributed by atoms with E-state index in [4.69, 9.17) is 5.11 Å². The van der Waals surface area contributed by atoms with Crippen molar-refractivity contribution in [3.8, 4) is 0 Å². The number of rotatable bonds is 6. The number of carbonyl (C=O) groups excluding carboxylic acids is 1. The standard InChI is InChI=1S/C12H13N3O3S3/c1-6(2)9(16)13-11-14-15-12(21-11)19-5-7-3-4-8(20-7)10(17)18/h3-4,6H,5H2,1-2H3,(H,17,18)(H,13,14,16). The minimum atomic E-state index is -0.911. The number of nitrogens with zero attached hydrogens (tertiary/aromatic N) is 2. The molecule has 0 bridgehead atoms. The maximum Gasteiger partial charge on any atom is 0.345 e. The van der Waals surface area contributed by atoms with Crippen LogP contribution in [0.1, 0.15) is 28.4 Å². The van der Waals surface area contributed by atoms with E-state index in [1.807, 2.05) is 13.8 Å². The molecule has 0 atom stereocenters. The predicted molar refractivity (Wildman–Crippen MR) is 84.2 cm³/mol. The van der Waals surface area contributed by atoms with Crippen molar-refractivity contribution in [2.75, 3.05) is 5.32 Å². The van der Waals surface area contributed by atoms with Crippen molar-refractivity contribution in [1.29, 1.82) is 0 Å². The molecular formula is C12H13N3O3S3. The maximum atomic E-state index is 11.5. The lowest BCUT2D eigenvalue weighted by Crippen LogP contribution is -2.17. The first-order valence-corrected chi connectivity index (χ1v) is 8.66. The van der Waals surface area contributed by atoms with Crippen molar-refractivity contribution in [3.05, 3.63) is 21.9 Å². The van der Waals surface area contributed by atoms with Crippen molar-refractivity contribution >= 4 is 51.4 Å².